The van der Waals surface area contributed by atoms with Crippen LogP contribution in [0.3, 0.4) is 0 Å². The Balaban J connectivity index is 1.85. The molecule has 1 fully saturated rings. The highest BCUT2D eigenvalue weighted by Gasteiger charge is 2.28. The van der Waals surface area contributed by atoms with E-state index in [0.717, 1.165) is 43.0 Å². The van der Waals surface area contributed by atoms with E-state index in [-0.39, 0.29) is 5.56 Å². The molecule has 1 aromatic heterocycles. The lowest BCUT2D eigenvalue weighted by Gasteiger charge is -2.26. The summed E-state index contributed by atoms with van der Waals surface area (Å²) in [5, 5.41) is 0. The molecule has 1 aliphatic heterocycles. The van der Waals surface area contributed by atoms with Gasteiger partial charge in [-0.15, -0.1) is 0 Å². The number of benzene rings is 1. The molecule has 5 nitrogen and oxygen atoms in total. The van der Waals surface area contributed by atoms with Crippen molar-refractivity contribution in [2.45, 2.75) is 25.4 Å². The van der Waals surface area contributed by atoms with E-state index in [1.165, 1.54) is 5.56 Å². The number of hydrogen-bond acceptors (Lipinski definition) is 4. The van der Waals surface area contributed by atoms with Gasteiger partial charge in [0.05, 0.1) is 14.2 Å². The highest BCUT2D eigenvalue weighted by Crippen LogP contribution is 2.39. The number of ether oxygens (including phenoxy) is 2. The van der Waals surface area contributed by atoms with Gasteiger partial charge in [0.25, 0.3) is 5.56 Å². The van der Waals surface area contributed by atoms with Crippen LogP contribution in [0.1, 0.15) is 30.0 Å². The molecule has 1 aliphatic rings. The lowest BCUT2D eigenvalue weighted by atomic mass is 10.0. The number of nitrogens with zero attached hydrogens (tertiary/aromatic N) is 2. The maximum Gasteiger partial charge on any atom is 0.250 e. The van der Waals surface area contributed by atoms with E-state index >= 15 is 0 Å². The standard InChI is InChI=1S/C19H24N2O3/c1-20-10-8-14(11-19(20)22)13-21-9-4-5-17(21)16-7-6-15(23-2)12-18(16)24-3/h6-8,10-12,17H,4-5,9,13H2,1-3H3. The second kappa shape index (κ2) is 7.09. The zero-order valence-electron chi connectivity index (χ0n) is 14.5. The zero-order chi connectivity index (χ0) is 17.1. The van der Waals surface area contributed by atoms with E-state index in [2.05, 4.69) is 11.0 Å². The summed E-state index contributed by atoms with van der Waals surface area (Å²) >= 11 is 0. The molecule has 0 saturated carbocycles. The third-order valence-corrected chi connectivity index (χ3v) is 4.72. The molecule has 0 bridgehead atoms. The molecule has 128 valence electrons. The van der Waals surface area contributed by atoms with Crippen molar-refractivity contribution in [3.8, 4) is 11.5 Å². The van der Waals surface area contributed by atoms with Gasteiger partial charge in [-0.05, 0) is 37.1 Å². The number of rotatable bonds is 5. The maximum atomic E-state index is 11.8. The maximum absolute atomic E-state index is 11.8. The number of likely N-dealkylation sites (tertiary alicyclic amines) is 1. The van der Waals surface area contributed by atoms with E-state index in [1.807, 2.05) is 24.4 Å². The van der Waals surface area contributed by atoms with Crippen LogP contribution in [0.25, 0.3) is 0 Å². The third kappa shape index (κ3) is 3.31. The van der Waals surface area contributed by atoms with Crippen molar-refractivity contribution in [1.82, 2.24) is 9.47 Å². The van der Waals surface area contributed by atoms with Crippen molar-refractivity contribution >= 4 is 0 Å². The average molecular weight is 328 g/mol. The van der Waals surface area contributed by atoms with Crippen molar-refractivity contribution in [3.63, 3.8) is 0 Å². The van der Waals surface area contributed by atoms with Gasteiger partial charge in [-0.25, -0.2) is 0 Å². The van der Waals surface area contributed by atoms with E-state index in [0.29, 0.717) is 6.04 Å². The Morgan fingerprint density at radius 1 is 1.17 bits per heavy atom. The number of aromatic nitrogens is 1. The third-order valence-electron chi connectivity index (χ3n) is 4.72. The quantitative estimate of drug-likeness (QED) is 0.846. The van der Waals surface area contributed by atoms with Crippen molar-refractivity contribution in [3.05, 3.63) is 58.0 Å². The van der Waals surface area contributed by atoms with Gasteiger partial charge in [0.1, 0.15) is 11.5 Å². The molecule has 0 radical (unpaired) electrons. The summed E-state index contributed by atoms with van der Waals surface area (Å²) in [7, 11) is 5.12. The fourth-order valence-corrected chi connectivity index (χ4v) is 3.38. The van der Waals surface area contributed by atoms with Gasteiger partial charge in [0, 0.05) is 43.5 Å². The van der Waals surface area contributed by atoms with E-state index in [4.69, 9.17) is 9.47 Å². The first kappa shape index (κ1) is 16.6. The molecule has 1 unspecified atom stereocenters. The highest BCUT2D eigenvalue weighted by molar-refractivity contribution is 5.43. The number of methoxy groups -OCH3 is 2. The Bertz CT molecular complexity index is 769. The Morgan fingerprint density at radius 2 is 2.00 bits per heavy atom. The van der Waals surface area contributed by atoms with Crippen LogP contribution in [0.2, 0.25) is 0 Å². The second-order valence-electron chi connectivity index (χ2n) is 6.22. The highest BCUT2D eigenvalue weighted by atomic mass is 16.5. The molecule has 1 atom stereocenters. The number of aryl methyl sites for hydroxylation is 1. The van der Waals surface area contributed by atoms with Crippen LogP contribution in [0.15, 0.2) is 41.3 Å². The molecule has 0 spiro atoms. The largest absolute Gasteiger partial charge is 0.497 e. The molecular formula is C19H24N2O3. The normalized spacial score (nSPS) is 17.9. The number of hydrogen-bond donors (Lipinski definition) is 0. The fraction of sp³-hybridized carbons (Fsp3) is 0.421. The molecule has 5 heteroatoms. The van der Waals surface area contributed by atoms with Gasteiger partial charge in [-0.3, -0.25) is 9.69 Å². The van der Waals surface area contributed by atoms with Crippen LogP contribution in [0.4, 0.5) is 0 Å². The zero-order valence-corrected chi connectivity index (χ0v) is 14.5. The predicted molar refractivity (Wildman–Crippen MR) is 93.6 cm³/mol. The lowest BCUT2D eigenvalue weighted by molar-refractivity contribution is 0.242. The van der Waals surface area contributed by atoms with E-state index in [9.17, 15) is 4.79 Å². The van der Waals surface area contributed by atoms with Crippen LogP contribution in [-0.4, -0.2) is 30.2 Å². The first-order valence-electron chi connectivity index (χ1n) is 8.24. The van der Waals surface area contributed by atoms with Crippen LogP contribution in [-0.2, 0) is 13.6 Å². The molecule has 0 aliphatic carbocycles. The van der Waals surface area contributed by atoms with Gasteiger partial charge < -0.3 is 14.0 Å². The minimum absolute atomic E-state index is 0.0327. The fourth-order valence-electron chi connectivity index (χ4n) is 3.38. The van der Waals surface area contributed by atoms with Crippen LogP contribution >= 0.6 is 0 Å². The molecular weight excluding hydrogens is 304 g/mol. The van der Waals surface area contributed by atoms with Gasteiger partial charge >= 0.3 is 0 Å². The first-order valence-corrected chi connectivity index (χ1v) is 8.24. The first-order chi connectivity index (χ1) is 11.6. The van der Waals surface area contributed by atoms with Gasteiger partial charge in [0.2, 0.25) is 0 Å². The number of pyridine rings is 1. The van der Waals surface area contributed by atoms with E-state index in [1.54, 1.807) is 31.9 Å². The molecule has 2 heterocycles. The van der Waals surface area contributed by atoms with Gasteiger partial charge in [0.15, 0.2) is 0 Å². The van der Waals surface area contributed by atoms with Crippen molar-refractivity contribution in [2.24, 2.45) is 7.05 Å². The minimum Gasteiger partial charge on any atom is -0.497 e. The molecule has 2 aromatic rings. The summed E-state index contributed by atoms with van der Waals surface area (Å²) in [6.07, 6.45) is 4.06. The Labute approximate surface area is 142 Å². The van der Waals surface area contributed by atoms with Crippen molar-refractivity contribution in [1.29, 1.82) is 0 Å². The Kier molecular flexibility index (Phi) is 4.90. The SMILES string of the molecule is COc1ccc(C2CCCN2Cc2ccn(C)c(=O)c2)c(OC)c1. The van der Waals surface area contributed by atoms with Crippen molar-refractivity contribution < 1.29 is 9.47 Å². The van der Waals surface area contributed by atoms with Gasteiger partial charge in [-0.1, -0.05) is 6.07 Å². The molecule has 0 N–H and O–H groups in total. The molecule has 1 saturated heterocycles. The lowest BCUT2D eigenvalue weighted by Crippen LogP contribution is -2.24. The summed E-state index contributed by atoms with van der Waals surface area (Å²) < 4.78 is 12.5. The Morgan fingerprint density at radius 3 is 2.71 bits per heavy atom. The van der Waals surface area contributed by atoms with Crippen molar-refractivity contribution in [2.75, 3.05) is 20.8 Å². The molecule has 24 heavy (non-hydrogen) atoms. The van der Waals surface area contributed by atoms with Crippen LogP contribution in [0, 0.1) is 0 Å². The summed E-state index contributed by atoms with van der Waals surface area (Å²) in [4.78, 5) is 14.3. The minimum atomic E-state index is 0.0327. The van der Waals surface area contributed by atoms with E-state index < -0.39 is 0 Å². The summed E-state index contributed by atoms with van der Waals surface area (Å²) in [6, 6.07) is 10.0. The predicted octanol–water partition coefficient (Wildman–Crippen LogP) is 2.74. The van der Waals surface area contributed by atoms with Crippen LogP contribution < -0.4 is 15.0 Å². The monoisotopic (exact) mass is 328 g/mol. The smallest absolute Gasteiger partial charge is 0.250 e. The average Bonchev–Trinajstić information content (AvgIpc) is 3.05. The summed E-state index contributed by atoms with van der Waals surface area (Å²) in [5.41, 5.74) is 2.27. The Hall–Kier alpha value is -2.27. The van der Waals surface area contributed by atoms with Crippen LogP contribution in [0.5, 0.6) is 11.5 Å². The second-order valence-corrected chi connectivity index (χ2v) is 6.22. The topological polar surface area (TPSA) is 43.7 Å². The summed E-state index contributed by atoms with van der Waals surface area (Å²) in [6.45, 7) is 1.80. The van der Waals surface area contributed by atoms with Gasteiger partial charge in [-0.2, -0.15) is 0 Å². The molecule has 3 rings (SSSR count). The summed E-state index contributed by atoms with van der Waals surface area (Å²) in [5.74, 6) is 1.65. The molecule has 1 aromatic carbocycles. The molecule has 0 amide bonds.